The first-order valence-electron chi connectivity index (χ1n) is 9.56. The van der Waals surface area contributed by atoms with Crippen molar-refractivity contribution in [2.45, 2.75) is 43.7 Å². The number of nitrogens with one attached hydrogen (secondary N) is 2. The molecule has 2 N–H and O–H groups in total. The Morgan fingerprint density at radius 1 is 1.22 bits per heavy atom. The minimum Gasteiger partial charge on any atom is -0.376 e. The van der Waals surface area contributed by atoms with Gasteiger partial charge in [0.2, 0.25) is 5.76 Å². The van der Waals surface area contributed by atoms with Crippen LogP contribution < -0.4 is 10.6 Å². The summed E-state index contributed by atoms with van der Waals surface area (Å²) in [5.41, 5.74) is 1.65. The number of piperidine rings is 1. The Hall–Kier alpha value is -2.25. The molecule has 2 aliphatic heterocycles. The molecular formula is C20H24FN3O3. The highest BCUT2D eigenvalue weighted by Gasteiger charge is 2.30. The second-order valence-corrected chi connectivity index (χ2v) is 7.19. The van der Waals surface area contributed by atoms with Gasteiger partial charge in [-0.3, -0.25) is 4.79 Å². The molecule has 1 amide bonds. The lowest BCUT2D eigenvalue weighted by atomic mass is 9.94. The number of hydrogen-bond donors (Lipinski definition) is 2. The highest BCUT2D eigenvalue weighted by molar-refractivity contribution is 5.91. The van der Waals surface area contributed by atoms with Gasteiger partial charge in [-0.1, -0.05) is 17.3 Å². The number of benzene rings is 1. The zero-order valence-electron chi connectivity index (χ0n) is 15.1. The van der Waals surface area contributed by atoms with Gasteiger partial charge in [0.15, 0.2) is 0 Å². The van der Waals surface area contributed by atoms with Crippen LogP contribution in [0.15, 0.2) is 34.9 Å². The lowest BCUT2D eigenvalue weighted by Gasteiger charge is -2.24. The van der Waals surface area contributed by atoms with Gasteiger partial charge in [0, 0.05) is 18.6 Å². The molecule has 2 aromatic rings. The Balaban J connectivity index is 1.49. The summed E-state index contributed by atoms with van der Waals surface area (Å²) in [5, 5.41) is 10.4. The number of nitrogens with zero attached hydrogens (tertiary/aromatic N) is 1. The number of ether oxygens (including phenoxy) is 1. The predicted molar refractivity (Wildman–Crippen MR) is 96.9 cm³/mol. The molecule has 144 valence electrons. The summed E-state index contributed by atoms with van der Waals surface area (Å²) in [4.78, 5) is 12.8. The molecule has 7 heteroatoms. The maximum Gasteiger partial charge on any atom is 0.290 e. The largest absolute Gasteiger partial charge is 0.376 e. The van der Waals surface area contributed by atoms with Crippen molar-refractivity contribution in [3.05, 3.63) is 53.2 Å². The summed E-state index contributed by atoms with van der Waals surface area (Å²) in [7, 11) is 0. The Bertz CT molecular complexity index is 765. The molecule has 0 saturated carbocycles. The number of aromatic nitrogens is 1. The monoisotopic (exact) mass is 373 g/mol. The van der Waals surface area contributed by atoms with Crippen LogP contribution in [0.5, 0.6) is 0 Å². The molecule has 0 aliphatic carbocycles. The van der Waals surface area contributed by atoms with E-state index in [9.17, 15) is 9.18 Å². The van der Waals surface area contributed by atoms with Crippen LogP contribution in [0.3, 0.4) is 0 Å². The van der Waals surface area contributed by atoms with Crippen molar-refractivity contribution in [2.75, 3.05) is 19.7 Å². The fourth-order valence-corrected chi connectivity index (χ4v) is 3.84. The van der Waals surface area contributed by atoms with Crippen molar-refractivity contribution in [3.8, 4) is 0 Å². The quantitative estimate of drug-likeness (QED) is 0.843. The van der Waals surface area contributed by atoms with Crippen LogP contribution >= 0.6 is 0 Å². The number of amides is 1. The van der Waals surface area contributed by atoms with Gasteiger partial charge in [-0.15, -0.1) is 0 Å². The zero-order valence-corrected chi connectivity index (χ0v) is 15.1. The summed E-state index contributed by atoms with van der Waals surface area (Å²) in [6.07, 6.45) is 3.63. The van der Waals surface area contributed by atoms with Crippen molar-refractivity contribution >= 4 is 5.91 Å². The lowest BCUT2D eigenvalue weighted by Crippen LogP contribution is -2.36. The molecule has 2 aliphatic rings. The fourth-order valence-electron chi connectivity index (χ4n) is 3.84. The van der Waals surface area contributed by atoms with Crippen molar-refractivity contribution in [1.29, 1.82) is 0 Å². The summed E-state index contributed by atoms with van der Waals surface area (Å²) >= 11 is 0. The predicted octanol–water partition coefficient (Wildman–Crippen LogP) is 2.93. The van der Waals surface area contributed by atoms with Crippen LogP contribution in [0.2, 0.25) is 0 Å². The molecule has 6 nitrogen and oxygen atoms in total. The zero-order chi connectivity index (χ0) is 18.6. The number of hydrogen-bond acceptors (Lipinski definition) is 5. The van der Waals surface area contributed by atoms with Crippen LogP contribution in [0, 0.1) is 5.82 Å². The average molecular weight is 373 g/mol. The molecule has 4 rings (SSSR count). The lowest BCUT2D eigenvalue weighted by molar-refractivity contribution is 0.0653. The molecule has 2 fully saturated rings. The summed E-state index contributed by atoms with van der Waals surface area (Å²) < 4.78 is 24.4. The number of halogens is 1. The first-order valence-corrected chi connectivity index (χ1v) is 9.56. The molecule has 0 radical (unpaired) electrons. The second kappa shape index (κ2) is 8.19. The van der Waals surface area contributed by atoms with Crippen LogP contribution in [-0.2, 0) is 4.74 Å². The van der Waals surface area contributed by atoms with E-state index in [1.807, 2.05) is 0 Å². The Labute approximate surface area is 157 Å². The molecule has 0 spiro atoms. The number of rotatable bonds is 5. The Morgan fingerprint density at radius 3 is 2.70 bits per heavy atom. The van der Waals surface area contributed by atoms with Gasteiger partial charge in [0.25, 0.3) is 5.91 Å². The van der Waals surface area contributed by atoms with E-state index in [1.54, 1.807) is 18.2 Å². The van der Waals surface area contributed by atoms with Crippen LogP contribution in [0.4, 0.5) is 4.39 Å². The van der Waals surface area contributed by atoms with Crippen molar-refractivity contribution in [2.24, 2.45) is 0 Å². The first kappa shape index (κ1) is 18.1. The highest BCUT2D eigenvalue weighted by atomic mass is 19.1. The fraction of sp³-hybridized carbons (Fsp3) is 0.500. The van der Waals surface area contributed by atoms with E-state index in [4.69, 9.17) is 9.26 Å². The molecule has 2 saturated heterocycles. The molecule has 2 unspecified atom stereocenters. The van der Waals surface area contributed by atoms with Gasteiger partial charge >= 0.3 is 0 Å². The number of carbonyl (C=O) groups excluding carboxylic acids is 1. The topological polar surface area (TPSA) is 76.4 Å². The van der Waals surface area contributed by atoms with E-state index in [0.717, 1.165) is 50.0 Å². The van der Waals surface area contributed by atoms with Crippen LogP contribution in [0.1, 0.15) is 59.5 Å². The van der Waals surface area contributed by atoms with E-state index in [2.05, 4.69) is 15.8 Å². The molecule has 3 heterocycles. The van der Waals surface area contributed by atoms with E-state index in [0.29, 0.717) is 12.5 Å². The third kappa shape index (κ3) is 4.20. The van der Waals surface area contributed by atoms with Gasteiger partial charge in [-0.25, -0.2) is 4.39 Å². The maximum absolute atomic E-state index is 13.3. The molecule has 0 bridgehead atoms. The van der Waals surface area contributed by atoms with Gasteiger partial charge in [0.05, 0.1) is 17.8 Å². The third-order valence-corrected chi connectivity index (χ3v) is 5.36. The maximum atomic E-state index is 13.3. The van der Waals surface area contributed by atoms with E-state index in [1.165, 1.54) is 12.1 Å². The Morgan fingerprint density at radius 2 is 2.00 bits per heavy atom. The summed E-state index contributed by atoms with van der Waals surface area (Å²) in [6, 6.07) is 7.54. The average Bonchev–Trinajstić information content (AvgIpc) is 3.40. The molecular weight excluding hydrogens is 349 g/mol. The van der Waals surface area contributed by atoms with Gasteiger partial charge in [0.1, 0.15) is 5.82 Å². The Kier molecular flexibility index (Phi) is 5.50. The van der Waals surface area contributed by atoms with Crippen molar-refractivity contribution in [3.63, 3.8) is 0 Å². The first-order chi connectivity index (χ1) is 13.2. The summed E-state index contributed by atoms with van der Waals surface area (Å²) in [5.74, 6) is -0.109. The van der Waals surface area contributed by atoms with Crippen LogP contribution in [-0.4, -0.2) is 36.9 Å². The van der Waals surface area contributed by atoms with Crippen molar-refractivity contribution < 1.29 is 18.4 Å². The summed E-state index contributed by atoms with van der Waals surface area (Å²) in [6.45, 7) is 2.57. The third-order valence-electron chi connectivity index (χ3n) is 5.36. The molecule has 1 aromatic heterocycles. The smallest absolute Gasteiger partial charge is 0.290 e. The number of carbonyl (C=O) groups is 1. The van der Waals surface area contributed by atoms with Gasteiger partial charge < -0.3 is 19.9 Å². The molecule has 27 heavy (non-hydrogen) atoms. The van der Waals surface area contributed by atoms with Gasteiger partial charge in [-0.2, -0.15) is 0 Å². The normalized spacial score (nSPS) is 21.9. The molecule has 2 atom stereocenters. The molecule has 1 aromatic carbocycles. The standard InChI is InChI=1S/C20H24FN3O3/c21-15-5-3-14(4-6-15)19(17-2-1-11-26-17)23-20(25)18-12-16(24-27-18)13-7-9-22-10-8-13/h3-6,12-13,17,19,22H,1-2,7-11H2,(H,23,25). The van der Waals surface area contributed by atoms with E-state index in [-0.39, 0.29) is 29.6 Å². The van der Waals surface area contributed by atoms with Crippen LogP contribution in [0.25, 0.3) is 0 Å². The van der Waals surface area contributed by atoms with E-state index >= 15 is 0 Å². The van der Waals surface area contributed by atoms with Gasteiger partial charge in [-0.05, 0) is 56.5 Å². The second-order valence-electron chi connectivity index (χ2n) is 7.19. The highest BCUT2D eigenvalue weighted by Crippen LogP contribution is 2.28. The minimum atomic E-state index is -0.354. The van der Waals surface area contributed by atoms with Crippen molar-refractivity contribution in [1.82, 2.24) is 15.8 Å². The SMILES string of the molecule is O=C(NC(c1ccc(F)cc1)C1CCCO1)c1cc(C2CCNCC2)no1. The van der Waals surface area contributed by atoms with E-state index < -0.39 is 0 Å². The minimum absolute atomic E-state index is 0.133.